The van der Waals surface area contributed by atoms with Crippen LogP contribution in [0, 0.1) is 5.82 Å². The summed E-state index contributed by atoms with van der Waals surface area (Å²) in [4.78, 5) is 29.6. The molecule has 44 heavy (non-hydrogen) atoms. The van der Waals surface area contributed by atoms with Crippen LogP contribution < -0.4 is 9.62 Å². The zero-order chi connectivity index (χ0) is 31.9. The number of hydrogen-bond acceptors (Lipinski definition) is 4. The Morgan fingerprint density at radius 3 is 2.05 bits per heavy atom. The minimum absolute atomic E-state index is 0.0100. The molecule has 1 unspecified atom stereocenters. The number of anilines is 1. The minimum atomic E-state index is -4.23. The molecule has 4 aromatic carbocycles. The van der Waals surface area contributed by atoms with Crippen LogP contribution >= 0.6 is 11.6 Å². The normalized spacial score (nSPS) is 12.3. The number of nitrogens with one attached hydrogen (secondary N) is 1. The molecular formula is C34H35ClFN3O4S. The van der Waals surface area contributed by atoms with E-state index >= 15 is 0 Å². The number of benzene rings is 4. The van der Waals surface area contributed by atoms with E-state index in [0.717, 1.165) is 9.87 Å². The lowest BCUT2D eigenvalue weighted by Crippen LogP contribution is -2.56. The number of sulfonamides is 1. The molecule has 2 amide bonds. The molecule has 0 aliphatic rings. The van der Waals surface area contributed by atoms with E-state index in [4.69, 9.17) is 11.6 Å². The molecule has 4 rings (SSSR count). The molecule has 0 aliphatic heterocycles. The summed E-state index contributed by atoms with van der Waals surface area (Å²) < 4.78 is 42.7. The van der Waals surface area contributed by atoms with Gasteiger partial charge in [0.2, 0.25) is 11.8 Å². The summed E-state index contributed by atoms with van der Waals surface area (Å²) in [5, 5.41) is 3.27. The van der Waals surface area contributed by atoms with E-state index in [-0.39, 0.29) is 28.6 Å². The summed E-state index contributed by atoms with van der Waals surface area (Å²) in [6.07, 6.45) is 0.165. The largest absolute Gasteiger partial charge is 0.350 e. The van der Waals surface area contributed by atoms with Crippen molar-refractivity contribution in [1.82, 2.24) is 10.2 Å². The molecule has 7 nitrogen and oxygen atoms in total. The Labute approximate surface area is 263 Å². The van der Waals surface area contributed by atoms with Gasteiger partial charge < -0.3 is 10.2 Å². The molecule has 0 bridgehead atoms. The molecule has 0 fully saturated rings. The van der Waals surface area contributed by atoms with Gasteiger partial charge >= 0.3 is 0 Å². The van der Waals surface area contributed by atoms with Crippen molar-refractivity contribution in [3.05, 3.63) is 131 Å². The highest BCUT2D eigenvalue weighted by Gasteiger charge is 2.35. The van der Waals surface area contributed by atoms with Gasteiger partial charge in [0.05, 0.1) is 10.6 Å². The summed E-state index contributed by atoms with van der Waals surface area (Å²) in [5.74, 6) is -1.48. The van der Waals surface area contributed by atoms with Crippen molar-refractivity contribution in [2.24, 2.45) is 0 Å². The van der Waals surface area contributed by atoms with E-state index < -0.39 is 45.8 Å². The number of amides is 2. The molecule has 230 valence electrons. The van der Waals surface area contributed by atoms with E-state index in [1.165, 1.54) is 47.4 Å². The second kappa shape index (κ2) is 14.1. The summed E-state index contributed by atoms with van der Waals surface area (Å²) in [5.41, 5.74) is 0.957. The third-order valence-corrected chi connectivity index (χ3v) is 8.76. The lowest BCUT2D eigenvalue weighted by Gasteiger charge is -2.35. The van der Waals surface area contributed by atoms with Crippen LogP contribution in [0.5, 0.6) is 0 Å². The monoisotopic (exact) mass is 635 g/mol. The molecule has 1 atom stereocenters. The maximum absolute atomic E-state index is 14.4. The number of halogens is 2. The molecule has 0 heterocycles. The fourth-order valence-corrected chi connectivity index (χ4v) is 6.28. The van der Waals surface area contributed by atoms with Crippen molar-refractivity contribution < 1.29 is 22.4 Å². The van der Waals surface area contributed by atoms with Gasteiger partial charge in [0.1, 0.15) is 18.4 Å². The van der Waals surface area contributed by atoms with Crippen LogP contribution in [-0.4, -0.2) is 43.3 Å². The minimum Gasteiger partial charge on any atom is -0.350 e. The molecule has 0 spiro atoms. The number of nitrogens with zero attached hydrogens (tertiary/aromatic N) is 2. The first-order valence-corrected chi connectivity index (χ1v) is 15.9. The third-order valence-electron chi connectivity index (χ3n) is 6.74. The van der Waals surface area contributed by atoms with Crippen LogP contribution in [0.1, 0.15) is 31.9 Å². The van der Waals surface area contributed by atoms with Gasteiger partial charge in [-0.05, 0) is 74.4 Å². The molecule has 0 saturated heterocycles. The van der Waals surface area contributed by atoms with Crippen LogP contribution in [0.3, 0.4) is 0 Å². The van der Waals surface area contributed by atoms with Crippen LogP contribution in [-0.2, 0) is 32.6 Å². The average Bonchev–Trinajstić information content (AvgIpc) is 2.98. The highest BCUT2D eigenvalue weighted by molar-refractivity contribution is 7.92. The third kappa shape index (κ3) is 8.67. The fraction of sp³-hybridized carbons (Fsp3) is 0.235. The van der Waals surface area contributed by atoms with Crippen molar-refractivity contribution in [3.63, 3.8) is 0 Å². The van der Waals surface area contributed by atoms with Crippen LogP contribution in [0.25, 0.3) is 0 Å². The first kappa shape index (κ1) is 32.7. The lowest BCUT2D eigenvalue weighted by molar-refractivity contribution is -0.140. The first-order valence-electron chi connectivity index (χ1n) is 14.1. The van der Waals surface area contributed by atoms with Crippen LogP contribution in [0.4, 0.5) is 10.1 Å². The lowest BCUT2D eigenvalue weighted by atomic mass is 10.0. The number of rotatable bonds is 11. The molecule has 1 N–H and O–H groups in total. The van der Waals surface area contributed by atoms with Gasteiger partial charge in [-0.3, -0.25) is 13.9 Å². The second-order valence-corrected chi connectivity index (χ2v) is 13.7. The molecule has 4 aromatic rings. The highest BCUT2D eigenvalue weighted by atomic mass is 35.5. The fourth-order valence-electron chi connectivity index (χ4n) is 4.67. The number of carbonyl (C=O) groups is 2. The summed E-state index contributed by atoms with van der Waals surface area (Å²) in [6, 6.07) is 27.9. The molecular weight excluding hydrogens is 601 g/mol. The van der Waals surface area contributed by atoms with Gasteiger partial charge in [-0.25, -0.2) is 12.8 Å². The Morgan fingerprint density at radius 2 is 1.45 bits per heavy atom. The quantitative estimate of drug-likeness (QED) is 0.212. The predicted octanol–water partition coefficient (Wildman–Crippen LogP) is 6.23. The Kier molecular flexibility index (Phi) is 10.4. The standard InChI is InChI=1S/C34H35ClFN3O4S/c1-34(2,3)37-33(41)31(21-25-11-6-4-7-12-25)38(23-26-17-19-28(36)20-18-26)32(40)24-39(29-14-10-13-27(35)22-29)44(42,43)30-15-8-5-9-16-30/h4-20,22,31H,21,23-24H2,1-3H3,(H,37,41). The number of carbonyl (C=O) groups excluding carboxylic acids is 2. The van der Waals surface area contributed by atoms with Crippen molar-refractivity contribution in [3.8, 4) is 0 Å². The topological polar surface area (TPSA) is 86.8 Å². The van der Waals surface area contributed by atoms with Gasteiger partial charge in [-0.1, -0.05) is 78.3 Å². The van der Waals surface area contributed by atoms with E-state index in [2.05, 4.69) is 5.32 Å². The number of hydrogen-bond donors (Lipinski definition) is 1. The Morgan fingerprint density at radius 1 is 0.841 bits per heavy atom. The average molecular weight is 636 g/mol. The van der Waals surface area contributed by atoms with Gasteiger partial charge in [-0.15, -0.1) is 0 Å². The summed E-state index contributed by atoms with van der Waals surface area (Å²) in [6.45, 7) is 4.83. The Bertz CT molecular complexity index is 1680. The van der Waals surface area contributed by atoms with Gasteiger partial charge in [0.25, 0.3) is 10.0 Å². The van der Waals surface area contributed by atoms with Crippen LogP contribution in [0.15, 0.2) is 114 Å². The van der Waals surface area contributed by atoms with E-state index in [0.29, 0.717) is 5.56 Å². The van der Waals surface area contributed by atoms with Crippen molar-refractivity contribution in [1.29, 1.82) is 0 Å². The molecule has 0 aromatic heterocycles. The smallest absolute Gasteiger partial charge is 0.264 e. The predicted molar refractivity (Wildman–Crippen MR) is 171 cm³/mol. The maximum Gasteiger partial charge on any atom is 0.264 e. The summed E-state index contributed by atoms with van der Waals surface area (Å²) >= 11 is 6.25. The zero-order valence-electron chi connectivity index (χ0n) is 24.8. The molecule has 0 radical (unpaired) electrons. The van der Waals surface area contributed by atoms with E-state index in [1.54, 1.807) is 36.4 Å². The van der Waals surface area contributed by atoms with Crippen molar-refractivity contribution in [2.45, 2.75) is 50.2 Å². The summed E-state index contributed by atoms with van der Waals surface area (Å²) in [7, 11) is -4.23. The zero-order valence-corrected chi connectivity index (χ0v) is 26.4. The SMILES string of the molecule is CC(C)(C)NC(=O)C(Cc1ccccc1)N(Cc1ccc(F)cc1)C(=O)CN(c1cccc(Cl)c1)S(=O)(=O)c1ccccc1. The van der Waals surface area contributed by atoms with Gasteiger partial charge in [0.15, 0.2) is 0 Å². The second-order valence-electron chi connectivity index (χ2n) is 11.4. The molecule has 0 saturated carbocycles. The highest BCUT2D eigenvalue weighted by Crippen LogP contribution is 2.27. The van der Waals surface area contributed by atoms with Crippen molar-refractivity contribution in [2.75, 3.05) is 10.8 Å². The maximum atomic E-state index is 14.4. The Balaban J connectivity index is 1.81. The molecule has 10 heteroatoms. The van der Waals surface area contributed by atoms with E-state index in [1.807, 2.05) is 51.1 Å². The van der Waals surface area contributed by atoms with Crippen LogP contribution in [0.2, 0.25) is 5.02 Å². The van der Waals surface area contributed by atoms with E-state index in [9.17, 15) is 22.4 Å². The Hall–Kier alpha value is -4.21. The van der Waals surface area contributed by atoms with Crippen molar-refractivity contribution >= 4 is 39.1 Å². The molecule has 0 aliphatic carbocycles. The first-order chi connectivity index (χ1) is 20.8. The van der Waals surface area contributed by atoms with Gasteiger partial charge in [0, 0.05) is 23.5 Å². The van der Waals surface area contributed by atoms with Gasteiger partial charge in [-0.2, -0.15) is 0 Å².